The number of ether oxygens (including phenoxy) is 1. The number of hydrogen-bond donors (Lipinski definition) is 0. The van der Waals surface area contributed by atoms with Gasteiger partial charge in [0.25, 0.3) is 0 Å². The van der Waals surface area contributed by atoms with Gasteiger partial charge in [0.1, 0.15) is 12.4 Å². The first kappa shape index (κ1) is 15.0. The molecule has 6 heteroatoms. The number of hydrogen-bond acceptors (Lipinski definition) is 5. The Morgan fingerprint density at radius 2 is 1.76 bits per heavy atom. The lowest BCUT2D eigenvalue weighted by molar-refractivity contribution is 0.0483. The number of benzene rings is 2. The molecule has 2 aromatic carbocycles. The predicted molar refractivity (Wildman–Crippen MR) is 79.0 cm³/mol. The van der Waals surface area contributed by atoms with Crippen LogP contribution in [0.15, 0.2) is 65.0 Å². The zero-order chi connectivity index (χ0) is 14.9. The second kappa shape index (κ2) is 8.01. The van der Waals surface area contributed by atoms with Gasteiger partial charge in [-0.1, -0.05) is 18.2 Å². The van der Waals surface area contributed by atoms with E-state index in [2.05, 4.69) is 10.4 Å². The largest absolute Gasteiger partial charge is 0.492 e. The fourth-order valence-electron chi connectivity index (χ4n) is 1.50. The van der Waals surface area contributed by atoms with E-state index in [-0.39, 0.29) is 0 Å². The van der Waals surface area contributed by atoms with Gasteiger partial charge in [-0.3, -0.25) is 4.84 Å². The van der Waals surface area contributed by atoms with E-state index in [9.17, 15) is 4.79 Å². The van der Waals surface area contributed by atoms with E-state index in [4.69, 9.17) is 21.2 Å². The molecule has 21 heavy (non-hydrogen) atoms. The molecular weight excluding hydrogens is 292 g/mol. The summed E-state index contributed by atoms with van der Waals surface area (Å²) >= 11 is 5.52. The molecule has 108 valence electrons. The Morgan fingerprint density at radius 1 is 1.05 bits per heavy atom. The van der Waals surface area contributed by atoms with E-state index in [0.29, 0.717) is 29.5 Å². The summed E-state index contributed by atoms with van der Waals surface area (Å²) in [4.78, 5) is 16.3. The third kappa shape index (κ3) is 4.89. The highest BCUT2D eigenvalue weighted by Gasteiger charge is 2.05. The summed E-state index contributed by atoms with van der Waals surface area (Å²) in [5.41, 5.74) is 0.968. The molecule has 0 saturated heterocycles. The average molecular weight is 305 g/mol. The average Bonchev–Trinajstić information content (AvgIpc) is 2.55. The summed E-state index contributed by atoms with van der Waals surface area (Å²) < 4.78 is 5.32. The molecule has 0 unspecified atom stereocenters. The minimum Gasteiger partial charge on any atom is -0.492 e. The zero-order valence-electron chi connectivity index (χ0n) is 11.1. The summed E-state index contributed by atoms with van der Waals surface area (Å²) in [5, 5.41) is 7.22. The summed E-state index contributed by atoms with van der Waals surface area (Å²) in [5.74, 6) is 0.564. The number of carbonyl (C=O) groups excluding carboxylic acids is 1. The molecule has 0 bridgehead atoms. The van der Waals surface area contributed by atoms with Crippen LogP contribution in [0, 0.1) is 0 Å². The molecule has 0 aliphatic carbocycles. The second-order valence-corrected chi connectivity index (χ2v) is 4.34. The SMILES string of the molecule is O=C(ON=Nc1ccc(OCCCl)cc1)c1ccccc1. The van der Waals surface area contributed by atoms with Crippen LogP contribution in [0.1, 0.15) is 10.4 Å². The van der Waals surface area contributed by atoms with Gasteiger partial charge in [-0.25, -0.2) is 4.79 Å². The first-order valence-corrected chi connectivity index (χ1v) is 6.79. The van der Waals surface area contributed by atoms with E-state index < -0.39 is 5.97 Å². The first-order valence-electron chi connectivity index (χ1n) is 6.26. The number of halogens is 1. The van der Waals surface area contributed by atoms with Crippen LogP contribution in [0.25, 0.3) is 0 Å². The highest BCUT2D eigenvalue weighted by Crippen LogP contribution is 2.18. The van der Waals surface area contributed by atoms with E-state index in [1.54, 1.807) is 48.5 Å². The Kier molecular flexibility index (Phi) is 5.72. The lowest BCUT2D eigenvalue weighted by Crippen LogP contribution is -1.99. The molecule has 0 spiro atoms. The van der Waals surface area contributed by atoms with E-state index in [1.165, 1.54) is 0 Å². The molecule has 5 nitrogen and oxygen atoms in total. The Bertz CT molecular complexity index is 600. The van der Waals surface area contributed by atoms with Gasteiger partial charge < -0.3 is 4.74 Å². The molecule has 0 fully saturated rings. The van der Waals surface area contributed by atoms with Crippen molar-refractivity contribution in [3.8, 4) is 5.75 Å². The topological polar surface area (TPSA) is 60.2 Å². The molecule has 0 heterocycles. The maximum Gasteiger partial charge on any atom is 0.367 e. The van der Waals surface area contributed by atoms with Crippen molar-refractivity contribution in [2.24, 2.45) is 10.4 Å². The van der Waals surface area contributed by atoms with Crippen molar-refractivity contribution in [2.45, 2.75) is 0 Å². The molecule has 0 amide bonds. The van der Waals surface area contributed by atoms with Gasteiger partial charge in [0.2, 0.25) is 0 Å². The van der Waals surface area contributed by atoms with Gasteiger partial charge in [0.15, 0.2) is 0 Å². The van der Waals surface area contributed by atoms with Crippen molar-refractivity contribution in [2.75, 3.05) is 12.5 Å². The minimum absolute atomic E-state index is 0.418. The van der Waals surface area contributed by atoms with Gasteiger partial charge >= 0.3 is 5.97 Å². The molecule has 2 aromatic rings. The zero-order valence-corrected chi connectivity index (χ0v) is 11.9. The molecule has 0 aromatic heterocycles. The molecule has 0 aliphatic heterocycles. The van der Waals surface area contributed by atoms with Crippen LogP contribution in [0.3, 0.4) is 0 Å². The van der Waals surface area contributed by atoms with Crippen LogP contribution in [-0.4, -0.2) is 18.5 Å². The van der Waals surface area contributed by atoms with Gasteiger partial charge in [-0.15, -0.1) is 16.7 Å². The summed E-state index contributed by atoms with van der Waals surface area (Å²) in [6.45, 7) is 0.442. The summed E-state index contributed by atoms with van der Waals surface area (Å²) in [6, 6.07) is 15.4. The normalized spacial score (nSPS) is 10.5. The molecule has 0 aliphatic rings. The molecule has 2 rings (SSSR count). The fourth-order valence-corrected chi connectivity index (χ4v) is 1.57. The summed E-state index contributed by atoms with van der Waals surface area (Å²) in [7, 11) is 0. The van der Waals surface area contributed by atoms with E-state index >= 15 is 0 Å². The van der Waals surface area contributed by atoms with Gasteiger partial charge in [0.05, 0.1) is 17.1 Å². The van der Waals surface area contributed by atoms with Crippen LogP contribution >= 0.6 is 11.6 Å². The molecule has 0 N–H and O–H groups in total. The number of carbonyl (C=O) groups is 1. The smallest absolute Gasteiger partial charge is 0.367 e. The molecule has 0 radical (unpaired) electrons. The fraction of sp³-hybridized carbons (Fsp3) is 0.133. The highest BCUT2D eigenvalue weighted by atomic mass is 35.5. The third-order valence-electron chi connectivity index (χ3n) is 2.47. The van der Waals surface area contributed by atoms with Crippen LogP contribution < -0.4 is 4.74 Å². The van der Waals surface area contributed by atoms with Crippen molar-refractivity contribution in [1.29, 1.82) is 0 Å². The van der Waals surface area contributed by atoms with Gasteiger partial charge in [-0.2, -0.15) is 0 Å². The van der Waals surface area contributed by atoms with E-state index in [0.717, 1.165) is 0 Å². The minimum atomic E-state index is -0.554. The monoisotopic (exact) mass is 304 g/mol. The van der Waals surface area contributed by atoms with Gasteiger partial charge in [0, 0.05) is 5.28 Å². The standard InChI is InChI=1S/C15H13ClN2O3/c16-10-11-20-14-8-6-13(7-9-14)17-18-21-15(19)12-4-2-1-3-5-12/h1-9H,10-11H2. The second-order valence-electron chi connectivity index (χ2n) is 3.96. The van der Waals surface area contributed by atoms with Crippen molar-refractivity contribution in [3.05, 3.63) is 60.2 Å². The third-order valence-corrected chi connectivity index (χ3v) is 2.63. The Labute approximate surface area is 127 Å². The predicted octanol–water partition coefficient (Wildman–Crippen LogP) is 4.16. The lowest BCUT2D eigenvalue weighted by atomic mass is 10.2. The highest BCUT2D eigenvalue weighted by molar-refractivity contribution is 6.18. The molecule has 0 atom stereocenters. The number of rotatable bonds is 6. The van der Waals surface area contributed by atoms with Crippen molar-refractivity contribution in [1.82, 2.24) is 0 Å². The first-order chi connectivity index (χ1) is 10.3. The van der Waals surface area contributed by atoms with Crippen molar-refractivity contribution >= 4 is 23.3 Å². The Balaban J connectivity index is 1.88. The van der Waals surface area contributed by atoms with Crippen LogP contribution in [0.5, 0.6) is 5.75 Å². The van der Waals surface area contributed by atoms with E-state index in [1.807, 2.05) is 6.07 Å². The lowest BCUT2D eigenvalue weighted by Gasteiger charge is -2.02. The van der Waals surface area contributed by atoms with Crippen LogP contribution in [0.4, 0.5) is 5.69 Å². The van der Waals surface area contributed by atoms with Crippen LogP contribution in [0.2, 0.25) is 0 Å². The number of nitrogens with zero attached hydrogens (tertiary/aromatic N) is 2. The molecule has 0 saturated carbocycles. The van der Waals surface area contributed by atoms with Crippen molar-refractivity contribution in [3.63, 3.8) is 0 Å². The Morgan fingerprint density at radius 3 is 2.43 bits per heavy atom. The van der Waals surface area contributed by atoms with Gasteiger partial charge in [-0.05, 0) is 36.4 Å². The van der Waals surface area contributed by atoms with Crippen molar-refractivity contribution < 1.29 is 14.4 Å². The Hall–Kier alpha value is -2.40. The number of alkyl halides is 1. The summed E-state index contributed by atoms with van der Waals surface area (Å²) in [6.07, 6.45) is 0. The quantitative estimate of drug-likeness (QED) is 0.457. The molecular formula is C15H13ClN2O3. The van der Waals surface area contributed by atoms with Crippen LogP contribution in [-0.2, 0) is 4.84 Å². The maximum absolute atomic E-state index is 11.6. The maximum atomic E-state index is 11.6.